The molecule has 0 fully saturated rings. The van der Waals surface area contributed by atoms with Gasteiger partial charge in [-0.15, -0.1) is 0 Å². The van der Waals surface area contributed by atoms with E-state index in [1.54, 1.807) is 31.2 Å². The van der Waals surface area contributed by atoms with Crippen LogP contribution >= 0.6 is 0 Å². The monoisotopic (exact) mass is 705 g/mol. The Morgan fingerprint density at radius 2 is 1.27 bits per heavy atom. The van der Waals surface area contributed by atoms with Gasteiger partial charge < -0.3 is 24.9 Å². The summed E-state index contributed by atoms with van der Waals surface area (Å²) in [7, 11) is 0. The molecule has 4 rings (SSSR count). The predicted octanol–water partition coefficient (Wildman–Crippen LogP) is 9.50. The van der Waals surface area contributed by atoms with Crippen LogP contribution in [-0.4, -0.2) is 52.7 Å². The summed E-state index contributed by atoms with van der Waals surface area (Å²) >= 11 is 0. The van der Waals surface area contributed by atoms with Crippen molar-refractivity contribution >= 4 is 30.0 Å². The van der Waals surface area contributed by atoms with Gasteiger partial charge in [0.2, 0.25) is 5.91 Å². The molecular weight excluding hydrogens is 654 g/mol. The second-order valence-corrected chi connectivity index (χ2v) is 12.7. The highest BCUT2D eigenvalue weighted by Gasteiger charge is 2.16. The van der Waals surface area contributed by atoms with Crippen LogP contribution in [0.1, 0.15) is 89.2 Å². The number of ether oxygens (including phenoxy) is 2. The molecule has 52 heavy (non-hydrogen) atoms. The Kier molecular flexibility index (Phi) is 16.4. The molecule has 1 heterocycles. The van der Waals surface area contributed by atoms with Crippen molar-refractivity contribution in [2.24, 2.45) is 0 Å². The van der Waals surface area contributed by atoms with Gasteiger partial charge in [-0.25, -0.2) is 14.6 Å². The molecule has 0 spiro atoms. The Hall–Kier alpha value is -5.44. The van der Waals surface area contributed by atoms with Crippen molar-refractivity contribution in [3.8, 4) is 39.7 Å². The van der Waals surface area contributed by atoms with Crippen LogP contribution in [-0.2, 0) is 19.1 Å². The van der Waals surface area contributed by atoms with Crippen molar-refractivity contribution in [3.05, 3.63) is 96.1 Å². The summed E-state index contributed by atoms with van der Waals surface area (Å²) in [5.74, 6) is -0.443. The normalized spacial score (nSPS) is 11.3. The maximum absolute atomic E-state index is 12.4. The van der Waals surface area contributed by atoms with E-state index in [0.29, 0.717) is 30.4 Å². The van der Waals surface area contributed by atoms with Gasteiger partial charge in [0.05, 0.1) is 18.0 Å². The molecule has 0 atom stereocenters. The molecule has 0 saturated carbocycles. The molecule has 0 aliphatic rings. The van der Waals surface area contributed by atoms with Gasteiger partial charge in [0.1, 0.15) is 11.6 Å². The lowest BCUT2D eigenvalue weighted by atomic mass is 10.0. The molecule has 1 aromatic heterocycles. The molecule has 3 N–H and O–H groups in total. The summed E-state index contributed by atoms with van der Waals surface area (Å²) in [5, 5.41) is 12.0. The zero-order chi connectivity index (χ0) is 37.0. The molecule has 0 saturated heterocycles. The van der Waals surface area contributed by atoms with Crippen molar-refractivity contribution in [2.75, 3.05) is 19.8 Å². The fourth-order valence-electron chi connectivity index (χ4n) is 5.70. The van der Waals surface area contributed by atoms with Crippen LogP contribution in [0.4, 0.5) is 0 Å². The summed E-state index contributed by atoms with van der Waals surface area (Å²) in [6.07, 6.45) is 19.1. The lowest BCUT2D eigenvalue weighted by Crippen LogP contribution is -2.21. The summed E-state index contributed by atoms with van der Waals surface area (Å²) in [6.45, 7) is 4.59. The molecule has 3 aromatic carbocycles. The zero-order valence-corrected chi connectivity index (χ0v) is 30.4. The lowest BCUT2D eigenvalue weighted by Gasteiger charge is -2.06. The number of rotatable bonds is 22. The van der Waals surface area contributed by atoms with Gasteiger partial charge in [0.25, 0.3) is 0 Å². The summed E-state index contributed by atoms with van der Waals surface area (Å²) in [5.41, 5.74) is 5.81. The highest BCUT2D eigenvalue weighted by Crippen LogP contribution is 2.34. The van der Waals surface area contributed by atoms with Crippen LogP contribution in [0, 0.1) is 0 Å². The van der Waals surface area contributed by atoms with E-state index in [1.165, 1.54) is 57.4 Å². The Labute approximate surface area is 307 Å². The molecule has 0 radical (unpaired) electrons. The second kappa shape index (κ2) is 21.7. The van der Waals surface area contributed by atoms with Gasteiger partial charge in [0, 0.05) is 35.4 Å². The van der Waals surface area contributed by atoms with Crippen molar-refractivity contribution in [3.63, 3.8) is 0 Å². The highest BCUT2D eigenvalue weighted by molar-refractivity contribution is 5.92. The van der Waals surface area contributed by atoms with Crippen molar-refractivity contribution < 1.29 is 29.0 Å². The number of carboxylic acid groups (broad SMARTS) is 1. The first-order valence-electron chi connectivity index (χ1n) is 18.4. The third-order valence-corrected chi connectivity index (χ3v) is 8.53. The first-order chi connectivity index (χ1) is 25.4. The number of unbranched alkanes of at least 4 members (excludes halogenated alkanes) is 9. The van der Waals surface area contributed by atoms with E-state index in [2.05, 4.69) is 17.2 Å². The topological polar surface area (TPSA) is 131 Å². The number of imidazole rings is 1. The fourth-order valence-corrected chi connectivity index (χ4v) is 5.70. The number of hydrogen-bond acceptors (Lipinski definition) is 6. The number of nitrogens with zero attached hydrogens (tertiary/aromatic N) is 1. The van der Waals surface area contributed by atoms with Crippen LogP contribution in [0.2, 0.25) is 0 Å². The molecule has 4 aromatic rings. The van der Waals surface area contributed by atoms with Crippen molar-refractivity contribution in [2.45, 2.75) is 78.1 Å². The molecule has 0 bridgehead atoms. The number of aromatic amines is 1. The number of aliphatic carboxylic acids is 1. The van der Waals surface area contributed by atoms with E-state index in [0.717, 1.165) is 46.4 Å². The van der Waals surface area contributed by atoms with Crippen LogP contribution < -0.4 is 10.1 Å². The van der Waals surface area contributed by atoms with E-state index in [-0.39, 0.29) is 5.91 Å². The van der Waals surface area contributed by atoms with Gasteiger partial charge >= 0.3 is 11.9 Å². The van der Waals surface area contributed by atoms with Gasteiger partial charge in [-0.05, 0) is 60.9 Å². The van der Waals surface area contributed by atoms with Crippen LogP contribution in [0.25, 0.3) is 46.1 Å². The quantitative estimate of drug-likeness (QED) is 0.0422. The number of carboxylic acids is 1. The fraction of sp³-hybridized carbons (Fsp3) is 0.349. The van der Waals surface area contributed by atoms with Crippen LogP contribution in [0.15, 0.2) is 84.9 Å². The maximum Gasteiger partial charge on any atom is 0.341 e. The third kappa shape index (κ3) is 13.4. The Bertz CT molecular complexity index is 1760. The first-order valence-corrected chi connectivity index (χ1v) is 18.4. The Balaban J connectivity index is 1.41. The van der Waals surface area contributed by atoms with E-state index in [1.807, 2.05) is 66.7 Å². The summed E-state index contributed by atoms with van der Waals surface area (Å²) in [6, 6.07) is 22.7. The van der Waals surface area contributed by atoms with Gasteiger partial charge in [-0.1, -0.05) is 113 Å². The van der Waals surface area contributed by atoms with Crippen LogP contribution in [0.5, 0.6) is 5.75 Å². The Morgan fingerprint density at radius 3 is 1.87 bits per heavy atom. The van der Waals surface area contributed by atoms with E-state index >= 15 is 0 Å². The number of carbonyl (C=O) groups excluding carboxylic acids is 2. The van der Waals surface area contributed by atoms with Crippen LogP contribution in [0.3, 0.4) is 0 Å². The van der Waals surface area contributed by atoms with E-state index in [4.69, 9.17) is 19.6 Å². The number of aromatic nitrogens is 2. The molecule has 1 amide bonds. The van der Waals surface area contributed by atoms with Gasteiger partial charge in [-0.3, -0.25) is 4.79 Å². The first kappa shape index (κ1) is 39.3. The smallest absolute Gasteiger partial charge is 0.341 e. The number of nitrogens with one attached hydrogen (secondary N) is 2. The molecule has 9 heteroatoms. The second-order valence-electron chi connectivity index (χ2n) is 12.7. The number of hydrogen-bond donors (Lipinski definition) is 3. The average Bonchev–Trinajstić information content (AvgIpc) is 3.61. The number of esters is 1. The molecule has 0 unspecified atom stereocenters. The number of carbonyl (C=O) groups is 3. The van der Waals surface area contributed by atoms with Gasteiger partial charge in [0.15, 0.2) is 6.61 Å². The number of benzene rings is 3. The highest BCUT2D eigenvalue weighted by atomic mass is 16.5. The van der Waals surface area contributed by atoms with E-state index < -0.39 is 18.5 Å². The van der Waals surface area contributed by atoms with E-state index in [9.17, 15) is 14.4 Å². The number of amides is 1. The maximum atomic E-state index is 12.4. The lowest BCUT2D eigenvalue weighted by molar-refractivity contribution is -0.139. The third-order valence-electron chi connectivity index (χ3n) is 8.53. The molecule has 274 valence electrons. The molecule has 9 nitrogen and oxygen atoms in total. The van der Waals surface area contributed by atoms with Crippen molar-refractivity contribution in [1.82, 2.24) is 15.3 Å². The average molecular weight is 706 g/mol. The minimum atomic E-state index is -1.05. The minimum absolute atomic E-state index is 0.0984. The zero-order valence-electron chi connectivity index (χ0n) is 30.4. The minimum Gasteiger partial charge on any atom is -0.482 e. The largest absolute Gasteiger partial charge is 0.482 e. The predicted molar refractivity (Wildman–Crippen MR) is 208 cm³/mol. The summed E-state index contributed by atoms with van der Waals surface area (Å²) in [4.78, 5) is 43.5. The SMILES string of the molecule is CCCCCCCCCCCCNC(=O)/C=C/c1ccc(-c2[nH]c(-c3ccc(/C=C/C(=O)OCC)cc3)nc2-c2ccc(OCC(=O)O)cc2)cc1. The standard InChI is InChI=1S/C43H51N3O6/c1-3-5-6-7-8-9-10-11-12-13-30-44-38(47)28-18-32-14-20-34(21-15-32)41-42(35-24-26-37(27-25-35)52-31-39(48)49)46-43(45-41)36-22-16-33(17-23-36)19-29-40(50)51-4-2/h14-29H,3-13,30-31H2,1-2H3,(H,44,47)(H,45,46)(H,48,49)/b28-18+,29-19+. The summed E-state index contributed by atoms with van der Waals surface area (Å²) < 4.78 is 10.3. The van der Waals surface area contributed by atoms with Gasteiger partial charge in [-0.2, -0.15) is 0 Å². The molecule has 0 aliphatic heterocycles. The Morgan fingerprint density at radius 1 is 0.712 bits per heavy atom. The molecular formula is C43H51N3O6. The number of H-pyrrole nitrogens is 1. The molecule has 0 aliphatic carbocycles. The van der Waals surface area contributed by atoms with Crippen molar-refractivity contribution in [1.29, 1.82) is 0 Å².